The van der Waals surface area contributed by atoms with Crippen LogP contribution in [0.25, 0.3) is 0 Å². The monoisotopic (exact) mass is 272 g/mol. The van der Waals surface area contributed by atoms with Crippen LogP contribution in [0.2, 0.25) is 0 Å². The Morgan fingerprint density at radius 2 is 1.60 bits per heavy atom. The van der Waals surface area contributed by atoms with E-state index in [9.17, 15) is 0 Å². The molecule has 1 aliphatic heterocycles. The summed E-state index contributed by atoms with van der Waals surface area (Å²) in [7, 11) is 0. The Balaban J connectivity index is 1.60. The molecule has 1 aliphatic carbocycles. The first-order valence-corrected chi connectivity index (χ1v) is 7.95. The first kappa shape index (κ1) is 14.1. The second-order valence-corrected chi connectivity index (χ2v) is 8.02. The number of piperidine rings is 1. The van der Waals surface area contributed by atoms with Gasteiger partial charge >= 0.3 is 0 Å². The third-order valence-corrected chi connectivity index (χ3v) is 4.66. The molecule has 2 heteroatoms. The summed E-state index contributed by atoms with van der Waals surface area (Å²) in [5, 5.41) is 7.67. The number of rotatable bonds is 3. The SMILES string of the molecule is CC1(C)CC(N[C@@H]2C[C@H]2c2ccccc2)CC(C)(C)N1. The van der Waals surface area contributed by atoms with Gasteiger partial charge in [-0.3, -0.25) is 0 Å². The molecule has 20 heavy (non-hydrogen) atoms. The van der Waals surface area contributed by atoms with Crippen molar-refractivity contribution in [3.8, 4) is 0 Å². The summed E-state index contributed by atoms with van der Waals surface area (Å²) in [5.41, 5.74) is 1.96. The lowest BCUT2D eigenvalue weighted by atomic mass is 9.79. The summed E-state index contributed by atoms with van der Waals surface area (Å²) in [5.74, 6) is 0.734. The summed E-state index contributed by atoms with van der Waals surface area (Å²) in [6, 6.07) is 12.3. The minimum Gasteiger partial charge on any atom is -0.310 e. The molecule has 110 valence electrons. The number of nitrogens with one attached hydrogen (secondary N) is 2. The van der Waals surface area contributed by atoms with E-state index in [4.69, 9.17) is 0 Å². The van der Waals surface area contributed by atoms with Gasteiger partial charge in [-0.2, -0.15) is 0 Å². The molecular weight excluding hydrogens is 244 g/mol. The van der Waals surface area contributed by atoms with Crippen molar-refractivity contribution in [3.63, 3.8) is 0 Å². The van der Waals surface area contributed by atoms with Gasteiger partial charge < -0.3 is 10.6 Å². The van der Waals surface area contributed by atoms with Gasteiger partial charge in [-0.25, -0.2) is 0 Å². The van der Waals surface area contributed by atoms with Crippen LogP contribution in [0, 0.1) is 0 Å². The van der Waals surface area contributed by atoms with E-state index < -0.39 is 0 Å². The van der Waals surface area contributed by atoms with Gasteiger partial charge in [0.1, 0.15) is 0 Å². The highest BCUT2D eigenvalue weighted by Gasteiger charge is 2.43. The first-order chi connectivity index (χ1) is 9.35. The highest BCUT2D eigenvalue weighted by atomic mass is 15.1. The predicted octanol–water partition coefficient (Wildman–Crippen LogP) is 3.44. The van der Waals surface area contributed by atoms with Crippen LogP contribution < -0.4 is 10.6 Å². The van der Waals surface area contributed by atoms with E-state index in [0.717, 1.165) is 5.92 Å². The minimum absolute atomic E-state index is 0.233. The molecule has 1 saturated heterocycles. The molecule has 1 aromatic carbocycles. The Labute approximate surface area is 123 Å². The lowest BCUT2D eigenvalue weighted by Crippen LogP contribution is -2.61. The van der Waals surface area contributed by atoms with Crippen LogP contribution in [0.4, 0.5) is 0 Å². The number of hydrogen-bond donors (Lipinski definition) is 2. The summed E-state index contributed by atoms with van der Waals surface area (Å²) in [4.78, 5) is 0. The highest BCUT2D eigenvalue weighted by molar-refractivity contribution is 5.28. The Bertz CT molecular complexity index is 448. The first-order valence-electron chi connectivity index (χ1n) is 7.95. The van der Waals surface area contributed by atoms with Crippen LogP contribution in [0.3, 0.4) is 0 Å². The van der Waals surface area contributed by atoms with Crippen LogP contribution in [-0.2, 0) is 0 Å². The van der Waals surface area contributed by atoms with E-state index >= 15 is 0 Å². The molecule has 0 aromatic heterocycles. The standard InChI is InChI=1S/C18H28N2/c1-17(2)11-14(12-18(3,4)20-17)19-16-10-15(16)13-8-6-5-7-9-13/h5-9,14-16,19-20H,10-12H2,1-4H3/t15-,16+/m0/s1. The molecule has 2 nitrogen and oxygen atoms in total. The lowest BCUT2D eigenvalue weighted by molar-refractivity contribution is 0.145. The molecular formula is C18H28N2. The van der Waals surface area contributed by atoms with Crippen LogP contribution in [0.15, 0.2) is 30.3 Å². The average Bonchev–Trinajstić information content (AvgIpc) is 3.05. The van der Waals surface area contributed by atoms with E-state index in [1.807, 2.05) is 0 Å². The zero-order chi connectivity index (χ0) is 14.4. The summed E-state index contributed by atoms with van der Waals surface area (Å²) < 4.78 is 0. The molecule has 0 radical (unpaired) electrons. The number of benzene rings is 1. The third-order valence-electron chi connectivity index (χ3n) is 4.66. The van der Waals surface area contributed by atoms with Gasteiger partial charge in [-0.15, -0.1) is 0 Å². The molecule has 2 aliphatic rings. The van der Waals surface area contributed by atoms with E-state index in [-0.39, 0.29) is 11.1 Å². The zero-order valence-corrected chi connectivity index (χ0v) is 13.2. The van der Waals surface area contributed by atoms with Crippen LogP contribution in [-0.4, -0.2) is 23.2 Å². The molecule has 0 bridgehead atoms. The topological polar surface area (TPSA) is 24.1 Å². The average molecular weight is 272 g/mol. The van der Waals surface area contributed by atoms with E-state index in [1.54, 1.807) is 0 Å². The van der Waals surface area contributed by atoms with Crippen molar-refractivity contribution in [1.82, 2.24) is 10.6 Å². The van der Waals surface area contributed by atoms with Gasteiger partial charge in [0.15, 0.2) is 0 Å². The predicted molar refractivity (Wildman–Crippen MR) is 85.0 cm³/mol. The fourth-order valence-electron chi connectivity index (χ4n) is 4.19. The molecule has 2 atom stereocenters. The Morgan fingerprint density at radius 3 is 2.20 bits per heavy atom. The lowest BCUT2D eigenvalue weighted by Gasteiger charge is -2.47. The van der Waals surface area contributed by atoms with Gasteiger partial charge in [0.05, 0.1) is 0 Å². The Kier molecular flexibility index (Phi) is 3.42. The molecule has 0 unspecified atom stereocenters. The second kappa shape index (κ2) is 4.85. The van der Waals surface area contributed by atoms with E-state index in [2.05, 4.69) is 68.7 Å². The van der Waals surface area contributed by atoms with E-state index in [1.165, 1.54) is 24.8 Å². The maximum Gasteiger partial charge on any atom is 0.0145 e. The second-order valence-electron chi connectivity index (χ2n) is 8.02. The summed E-state index contributed by atoms with van der Waals surface area (Å²) in [6.07, 6.45) is 3.73. The van der Waals surface area contributed by atoms with Crippen molar-refractivity contribution in [3.05, 3.63) is 35.9 Å². The molecule has 1 aromatic rings. The molecule has 2 fully saturated rings. The van der Waals surface area contributed by atoms with Gasteiger partial charge in [-0.05, 0) is 52.5 Å². The normalized spacial score (nSPS) is 32.0. The van der Waals surface area contributed by atoms with Gasteiger partial charge in [0.25, 0.3) is 0 Å². The van der Waals surface area contributed by atoms with Crippen LogP contribution in [0.1, 0.15) is 58.4 Å². The molecule has 0 spiro atoms. The zero-order valence-electron chi connectivity index (χ0n) is 13.2. The minimum atomic E-state index is 0.233. The molecule has 1 saturated carbocycles. The number of hydrogen-bond acceptors (Lipinski definition) is 2. The fraction of sp³-hybridized carbons (Fsp3) is 0.667. The smallest absolute Gasteiger partial charge is 0.0145 e. The van der Waals surface area contributed by atoms with E-state index in [0.29, 0.717) is 12.1 Å². The molecule has 1 heterocycles. The van der Waals surface area contributed by atoms with Gasteiger partial charge in [0.2, 0.25) is 0 Å². The highest BCUT2D eigenvalue weighted by Crippen LogP contribution is 2.42. The van der Waals surface area contributed by atoms with Crippen molar-refractivity contribution in [1.29, 1.82) is 0 Å². The maximum absolute atomic E-state index is 3.91. The Morgan fingerprint density at radius 1 is 1.00 bits per heavy atom. The van der Waals surface area contributed by atoms with Crippen molar-refractivity contribution >= 4 is 0 Å². The van der Waals surface area contributed by atoms with Gasteiger partial charge in [-0.1, -0.05) is 30.3 Å². The van der Waals surface area contributed by atoms with Crippen molar-refractivity contribution in [2.45, 2.75) is 76.0 Å². The van der Waals surface area contributed by atoms with Crippen molar-refractivity contribution < 1.29 is 0 Å². The van der Waals surface area contributed by atoms with Crippen molar-refractivity contribution in [2.75, 3.05) is 0 Å². The largest absolute Gasteiger partial charge is 0.310 e. The summed E-state index contributed by atoms with van der Waals surface area (Å²) >= 11 is 0. The van der Waals surface area contributed by atoms with Crippen LogP contribution in [0.5, 0.6) is 0 Å². The molecule has 0 amide bonds. The maximum atomic E-state index is 3.91. The van der Waals surface area contributed by atoms with Crippen LogP contribution >= 0.6 is 0 Å². The summed E-state index contributed by atoms with van der Waals surface area (Å²) in [6.45, 7) is 9.29. The Hall–Kier alpha value is -0.860. The third kappa shape index (κ3) is 3.24. The molecule has 2 N–H and O–H groups in total. The molecule has 3 rings (SSSR count). The fourth-order valence-corrected chi connectivity index (χ4v) is 4.19. The quantitative estimate of drug-likeness (QED) is 0.881. The van der Waals surface area contributed by atoms with Crippen molar-refractivity contribution in [2.24, 2.45) is 0 Å². The van der Waals surface area contributed by atoms with Gasteiger partial charge in [0, 0.05) is 29.1 Å².